The van der Waals surface area contributed by atoms with Crippen LogP contribution in [0.5, 0.6) is 17.2 Å². The first-order valence-electron chi connectivity index (χ1n) is 29.0. The van der Waals surface area contributed by atoms with Gasteiger partial charge in [-0.1, -0.05) is 78.9 Å². The summed E-state index contributed by atoms with van der Waals surface area (Å²) in [5.41, 5.74) is 24.2. The zero-order valence-electron chi connectivity index (χ0n) is 51.7. The van der Waals surface area contributed by atoms with Gasteiger partial charge in [-0.15, -0.1) is 0 Å². The summed E-state index contributed by atoms with van der Waals surface area (Å²) in [5.74, 6) is 1.31. The molecule has 92 heavy (non-hydrogen) atoms. The summed E-state index contributed by atoms with van der Waals surface area (Å²) in [5, 5.41) is 0. The molecule has 3 aliphatic heterocycles. The van der Waals surface area contributed by atoms with Crippen molar-refractivity contribution in [1.29, 1.82) is 0 Å². The van der Waals surface area contributed by atoms with Crippen molar-refractivity contribution in [3.8, 4) is 50.8 Å². The van der Waals surface area contributed by atoms with E-state index in [4.69, 9.17) is 35.8 Å². The van der Waals surface area contributed by atoms with Gasteiger partial charge in [0.1, 0.15) is 23.6 Å². The van der Waals surface area contributed by atoms with Gasteiger partial charge < -0.3 is 35.8 Å². The molecule has 0 fully saturated rings. The smallest absolute Gasteiger partial charge is 0.266 e. The highest BCUT2D eigenvalue weighted by Gasteiger charge is 2.52. The average Bonchev–Trinajstić information content (AvgIpc) is 1.49. The van der Waals surface area contributed by atoms with Gasteiger partial charge in [0.05, 0.1) is 6.20 Å². The minimum atomic E-state index is -1.45. The fourth-order valence-corrected chi connectivity index (χ4v) is 11.2. The number of alkyl halides is 3. The maximum atomic E-state index is 13.5. The lowest BCUT2D eigenvalue weighted by Gasteiger charge is -2.27. The number of hydrogen-bond acceptors (Lipinski definition) is 17. The number of rotatable bonds is 15. The number of likely N-dealkylation sites (N-methyl/N-ethyl adjacent to an activating group) is 3. The molecule has 6 N–H and O–H groups in total. The van der Waals surface area contributed by atoms with Crippen LogP contribution in [-0.2, 0) is 31.0 Å². The highest BCUT2D eigenvalue weighted by atomic mass is 19.2. The molecule has 9 aromatic rings. The summed E-state index contributed by atoms with van der Waals surface area (Å²) in [4.78, 5) is 74.5. The number of guanidine groups is 3. The minimum absolute atomic E-state index is 0.112. The molecule has 6 unspecified atom stereocenters. The van der Waals surface area contributed by atoms with Crippen molar-refractivity contribution in [2.24, 2.45) is 32.2 Å². The van der Waals surface area contributed by atoms with E-state index in [1.807, 2.05) is 84.9 Å². The Morgan fingerprint density at radius 3 is 1.10 bits per heavy atom. The SMILES string of the molecule is Cc1cc(C2(c3cccc(-c4cccnc4)c3)N=C(N)N(C)C2=O)ccc1OC(C)F.Cc1cc(C2(c3cccc(-c4cncnc4)c3)N=C(N)N(C)C2=O)ccc1OC(C)F.Cc1cc(C2(c3cccc(-c4cnco4)c3)N=C(N)N(C)C2=O)ccc1OC(C)F. The number of aliphatic imine (C=N–C) groups is 3. The number of nitrogens with two attached hydrogens (primary N) is 3. The molecule has 20 nitrogen and oxygen atoms in total. The third-order valence-electron chi connectivity index (χ3n) is 15.8. The standard InChI is InChI=1S/C24H23FN4O2.C23H22FN5O2.C22H21FN4O3/c1-15-12-20(9-10-21(15)31-16(2)25)24(22(30)29(3)23(26)28-24)19-8-4-6-17(13-19)18-7-5-11-27-14-18;1-14-9-19(7-8-20(14)31-15(2)24)23(21(30)29(3)22(25)28-23)18-6-4-5-16(10-18)17-11-26-13-27-12-17;1-13-9-17(7-8-18(13)30-14(2)23)22(20(28)27(3)21(24)26-22)16-6-4-5-15(10-16)19-11-25-12-29-19/h4-14,16H,1-3H3,(H2,26,28);4-13,15H,1-3H3,(H2,25,28);4-12,14H,1-3H3,(H2,24,26). The Balaban J connectivity index is 0.000000151. The molecule has 12 rings (SSSR count). The monoisotopic (exact) mass is 1250 g/mol. The number of carbonyl (C=O) groups is 3. The van der Waals surface area contributed by atoms with Crippen LogP contribution in [0.2, 0.25) is 0 Å². The molecule has 3 aliphatic rings. The van der Waals surface area contributed by atoms with Crippen molar-refractivity contribution in [2.75, 3.05) is 21.1 Å². The quantitative estimate of drug-likeness (QED) is 0.0862. The molecule has 0 saturated heterocycles. The minimum Gasteiger partial charge on any atom is -0.460 e. The number of ether oxygens (including phenoxy) is 3. The number of aryl methyl sites for hydroxylation is 3. The number of hydrogen-bond donors (Lipinski definition) is 3. The maximum Gasteiger partial charge on any atom is 0.266 e. The number of benzene rings is 6. The fraction of sp³-hybridized carbons (Fsp3) is 0.217. The normalized spacial score (nSPS) is 19.4. The second kappa shape index (κ2) is 26.1. The third kappa shape index (κ3) is 12.2. The van der Waals surface area contributed by atoms with E-state index in [1.165, 1.54) is 48.2 Å². The van der Waals surface area contributed by atoms with E-state index in [0.717, 1.165) is 27.8 Å². The molecule has 470 valence electrons. The molecule has 6 aromatic carbocycles. The lowest BCUT2D eigenvalue weighted by Crippen LogP contribution is -2.41. The molecule has 0 spiro atoms. The Morgan fingerprint density at radius 1 is 0.424 bits per heavy atom. The Kier molecular flexibility index (Phi) is 18.1. The van der Waals surface area contributed by atoms with E-state index in [1.54, 1.807) is 127 Å². The van der Waals surface area contributed by atoms with E-state index in [0.29, 0.717) is 73.1 Å². The van der Waals surface area contributed by atoms with Crippen molar-refractivity contribution in [2.45, 2.75) is 77.2 Å². The Morgan fingerprint density at radius 2 is 0.772 bits per heavy atom. The van der Waals surface area contributed by atoms with Crippen molar-refractivity contribution >= 4 is 35.6 Å². The first kappa shape index (κ1) is 63.8. The van der Waals surface area contributed by atoms with Crippen molar-refractivity contribution in [1.82, 2.24) is 34.6 Å². The molecular formula is C69H66F3N13O7. The lowest BCUT2D eigenvalue weighted by molar-refractivity contribution is -0.130. The number of nitrogens with zero attached hydrogens (tertiary/aromatic N) is 10. The van der Waals surface area contributed by atoms with Crippen LogP contribution in [0.15, 0.2) is 203 Å². The molecule has 0 saturated carbocycles. The van der Waals surface area contributed by atoms with Crippen molar-refractivity contribution < 1.29 is 46.2 Å². The summed E-state index contributed by atoms with van der Waals surface area (Å²) in [7, 11) is 4.77. The van der Waals surface area contributed by atoms with E-state index in [-0.39, 0.29) is 35.6 Å². The summed E-state index contributed by atoms with van der Waals surface area (Å²) >= 11 is 0. The van der Waals surface area contributed by atoms with Gasteiger partial charge in [-0.3, -0.25) is 34.1 Å². The highest BCUT2D eigenvalue weighted by Crippen LogP contribution is 2.45. The zero-order valence-corrected chi connectivity index (χ0v) is 51.7. The molecule has 23 heteroatoms. The van der Waals surface area contributed by atoms with Crippen molar-refractivity contribution in [3.63, 3.8) is 0 Å². The van der Waals surface area contributed by atoms with Gasteiger partial charge in [-0.25, -0.2) is 43.1 Å². The van der Waals surface area contributed by atoms with E-state index < -0.39 is 35.7 Å². The third-order valence-corrected chi connectivity index (χ3v) is 15.8. The fourth-order valence-electron chi connectivity index (χ4n) is 11.2. The van der Waals surface area contributed by atoms with Gasteiger partial charge in [0.2, 0.25) is 19.1 Å². The highest BCUT2D eigenvalue weighted by molar-refractivity contribution is 6.11. The largest absolute Gasteiger partial charge is 0.460 e. The summed E-state index contributed by atoms with van der Waals surface area (Å²) in [6.07, 6.45) is 6.94. The predicted octanol–water partition coefficient (Wildman–Crippen LogP) is 10.3. The summed E-state index contributed by atoms with van der Waals surface area (Å²) in [6.45, 7) is 9.33. The predicted molar refractivity (Wildman–Crippen MR) is 342 cm³/mol. The van der Waals surface area contributed by atoms with Crippen LogP contribution in [0.3, 0.4) is 0 Å². The van der Waals surface area contributed by atoms with E-state index in [9.17, 15) is 27.6 Å². The van der Waals surface area contributed by atoms with Gasteiger partial charge in [-0.05, 0) is 148 Å². The number of carbonyl (C=O) groups excluding carboxylic acids is 3. The number of oxazole rings is 1. The van der Waals surface area contributed by atoms with E-state index in [2.05, 4.69) is 34.9 Å². The Bertz CT molecular complexity index is 4140. The average molecular weight is 1250 g/mol. The van der Waals surface area contributed by atoms with Crippen LogP contribution in [0, 0.1) is 20.8 Å². The molecule has 0 aliphatic carbocycles. The van der Waals surface area contributed by atoms with E-state index >= 15 is 0 Å². The van der Waals surface area contributed by atoms with Crippen LogP contribution in [0.1, 0.15) is 70.8 Å². The van der Waals surface area contributed by atoms with Crippen LogP contribution in [0.4, 0.5) is 13.2 Å². The van der Waals surface area contributed by atoms with Gasteiger partial charge >= 0.3 is 0 Å². The van der Waals surface area contributed by atoms with Crippen LogP contribution >= 0.6 is 0 Å². The molecular weight excluding hydrogens is 1180 g/mol. The Labute approximate surface area is 529 Å². The number of aromatic nitrogens is 4. The molecule has 3 amide bonds. The first-order chi connectivity index (χ1) is 44.0. The Hall–Kier alpha value is -11.2. The zero-order chi connectivity index (χ0) is 65.8. The van der Waals surface area contributed by atoms with Crippen molar-refractivity contribution in [3.05, 3.63) is 233 Å². The van der Waals surface area contributed by atoms with Gasteiger partial charge in [-0.2, -0.15) is 0 Å². The molecule has 0 bridgehead atoms. The number of pyridine rings is 1. The van der Waals surface area contributed by atoms with Gasteiger partial charge in [0, 0.05) is 77.8 Å². The molecule has 6 atom stereocenters. The first-order valence-corrected chi connectivity index (χ1v) is 29.0. The van der Waals surface area contributed by atoms with Gasteiger partial charge in [0.15, 0.2) is 46.6 Å². The van der Waals surface area contributed by atoms with Crippen LogP contribution < -0.4 is 31.4 Å². The summed E-state index contributed by atoms with van der Waals surface area (Å²) in [6, 6.07) is 41.7. The van der Waals surface area contributed by atoms with Crippen LogP contribution in [-0.4, -0.2) is 110 Å². The van der Waals surface area contributed by atoms with Gasteiger partial charge in [0.25, 0.3) is 17.7 Å². The number of amides is 3. The number of halogens is 3. The molecule has 3 aromatic heterocycles. The topological polar surface area (TPSA) is 268 Å². The van der Waals surface area contributed by atoms with Crippen LogP contribution in [0.25, 0.3) is 33.6 Å². The maximum absolute atomic E-state index is 13.5. The second-order valence-electron chi connectivity index (χ2n) is 22.0. The second-order valence-corrected chi connectivity index (χ2v) is 22.0. The molecule has 0 radical (unpaired) electrons. The lowest BCUT2D eigenvalue weighted by atomic mass is 9.81. The summed E-state index contributed by atoms with van der Waals surface area (Å²) < 4.78 is 61.0. The molecule has 6 heterocycles.